The Morgan fingerprint density at radius 1 is 1.53 bits per heavy atom. The lowest BCUT2D eigenvalue weighted by atomic mass is 9.83. The van der Waals surface area contributed by atoms with Gasteiger partial charge in [0.15, 0.2) is 0 Å². The first-order valence-corrected chi connectivity index (χ1v) is 6.51. The van der Waals surface area contributed by atoms with E-state index in [1.165, 1.54) is 4.68 Å². The maximum absolute atomic E-state index is 12.3. The van der Waals surface area contributed by atoms with Crippen LogP contribution in [0, 0.1) is 5.41 Å². The van der Waals surface area contributed by atoms with E-state index in [0.29, 0.717) is 31.6 Å². The number of amides is 1. The minimum absolute atomic E-state index is 0.140. The second-order valence-corrected chi connectivity index (χ2v) is 5.15. The van der Waals surface area contributed by atoms with Crippen molar-refractivity contribution in [2.75, 3.05) is 13.1 Å². The monoisotopic (exact) mass is 265 g/mol. The highest BCUT2D eigenvalue weighted by Gasteiger charge is 2.45. The molecule has 0 spiro atoms. The maximum atomic E-state index is 12.3. The molecule has 1 amide bonds. The van der Waals surface area contributed by atoms with E-state index in [1.807, 2.05) is 6.92 Å². The summed E-state index contributed by atoms with van der Waals surface area (Å²) >= 11 is 0. The van der Waals surface area contributed by atoms with Crippen LogP contribution in [0.15, 0.2) is 12.3 Å². The average Bonchev–Trinajstić information content (AvgIpc) is 2.96. The molecule has 1 saturated heterocycles. The summed E-state index contributed by atoms with van der Waals surface area (Å²) < 4.78 is 1.52. The van der Waals surface area contributed by atoms with E-state index in [4.69, 9.17) is 0 Å². The molecule has 2 heterocycles. The Hall–Kier alpha value is -1.85. The molecule has 1 aliphatic heterocycles. The third-order valence-electron chi connectivity index (χ3n) is 3.86. The second kappa shape index (κ2) is 5.03. The third kappa shape index (κ3) is 2.34. The lowest BCUT2D eigenvalue weighted by molar-refractivity contribution is -0.148. The highest BCUT2D eigenvalue weighted by Crippen LogP contribution is 2.36. The molecule has 1 atom stereocenters. The number of hydrogen-bond donors (Lipinski definition) is 1. The van der Waals surface area contributed by atoms with Crippen LogP contribution in [0.4, 0.5) is 0 Å². The van der Waals surface area contributed by atoms with E-state index in [-0.39, 0.29) is 5.91 Å². The van der Waals surface area contributed by atoms with Gasteiger partial charge in [-0.2, -0.15) is 5.10 Å². The SMILES string of the molecule is CCCC1(C(=O)O)CCN(C(=O)c2ccnn2C)C1. The minimum Gasteiger partial charge on any atom is -0.481 e. The summed E-state index contributed by atoms with van der Waals surface area (Å²) in [5.41, 5.74) is -0.277. The predicted molar refractivity (Wildman–Crippen MR) is 68.7 cm³/mol. The highest BCUT2D eigenvalue weighted by atomic mass is 16.4. The van der Waals surface area contributed by atoms with Crippen LogP contribution in [0.25, 0.3) is 0 Å². The molecule has 1 aromatic heterocycles. The molecule has 1 N–H and O–H groups in total. The zero-order chi connectivity index (χ0) is 14.0. The zero-order valence-corrected chi connectivity index (χ0v) is 11.3. The summed E-state index contributed by atoms with van der Waals surface area (Å²) in [6.45, 7) is 2.76. The first kappa shape index (κ1) is 13.6. The topological polar surface area (TPSA) is 75.4 Å². The van der Waals surface area contributed by atoms with Gasteiger partial charge >= 0.3 is 5.97 Å². The van der Waals surface area contributed by atoms with Crippen LogP contribution in [-0.2, 0) is 11.8 Å². The molecule has 0 saturated carbocycles. The van der Waals surface area contributed by atoms with Gasteiger partial charge < -0.3 is 10.0 Å². The summed E-state index contributed by atoms with van der Waals surface area (Å²) in [6, 6.07) is 1.66. The first-order valence-electron chi connectivity index (χ1n) is 6.51. The first-order chi connectivity index (χ1) is 9.00. The molecule has 19 heavy (non-hydrogen) atoms. The van der Waals surface area contributed by atoms with Crippen molar-refractivity contribution in [2.24, 2.45) is 12.5 Å². The molecular formula is C13H19N3O3. The van der Waals surface area contributed by atoms with E-state index < -0.39 is 11.4 Å². The molecule has 0 bridgehead atoms. The van der Waals surface area contributed by atoms with Crippen LogP contribution < -0.4 is 0 Å². The van der Waals surface area contributed by atoms with Gasteiger partial charge in [0.1, 0.15) is 5.69 Å². The van der Waals surface area contributed by atoms with Crippen molar-refractivity contribution < 1.29 is 14.7 Å². The van der Waals surface area contributed by atoms with E-state index in [2.05, 4.69) is 5.10 Å². The number of carboxylic acids is 1. The smallest absolute Gasteiger partial charge is 0.311 e. The van der Waals surface area contributed by atoms with Gasteiger partial charge in [-0.15, -0.1) is 0 Å². The Balaban J connectivity index is 2.15. The second-order valence-electron chi connectivity index (χ2n) is 5.15. The molecule has 6 nitrogen and oxygen atoms in total. The van der Waals surface area contributed by atoms with Gasteiger partial charge in [0.25, 0.3) is 5.91 Å². The van der Waals surface area contributed by atoms with Gasteiger partial charge in [0.05, 0.1) is 5.41 Å². The summed E-state index contributed by atoms with van der Waals surface area (Å²) in [5, 5.41) is 13.4. The number of carbonyl (C=O) groups is 2. The predicted octanol–water partition coefficient (Wildman–Crippen LogP) is 1.14. The lowest BCUT2D eigenvalue weighted by Gasteiger charge is -2.24. The summed E-state index contributed by atoms with van der Waals surface area (Å²) in [4.78, 5) is 25.4. The Kier molecular flexibility index (Phi) is 3.59. The van der Waals surface area contributed by atoms with Crippen molar-refractivity contribution in [3.8, 4) is 0 Å². The van der Waals surface area contributed by atoms with Gasteiger partial charge in [-0.25, -0.2) is 0 Å². The Morgan fingerprint density at radius 2 is 2.26 bits per heavy atom. The number of hydrogen-bond acceptors (Lipinski definition) is 3. The molecule has 0 radical (unpaired) electrons. The van der Waals surface area contributed by atoms with Crippen molar-refractivity contribution in [1.82, 2.24) is 14.7 Å². The largest absolute Gasteiger partial charge is 0.481 e. The molecule has 1 fully saturated rings. The van der Waals surface area contributed by atoms with E-state index in [9.17, 15) is 14.7 Å². The molecule has 2 rings (SSSR count). The van der Waals surface area contributed by atoms with Crippen molar-refractivity contribution in [2.45, 2.75) is 26.2 Å². The quantitative estimate of drug-likeness (QED) is 0.885. The molecule has 104 valence electrons. The Bertz CT molecular complexity index is 497. The standard InChI is InChI=1S/C13H19N3O3/c1-3-5-13(12(18)19)6-8-16(9-13)11(17)10-4-7-14-15(10)2/h4,7H,3,5-6,8-9H2,1-2H3,(H,18,19). The summed E-state index contributed by atoms with van der Waals surface area (Å²) in [5.74, 6) is -0.936. The van der Waals surface area contributed by atoms with Crippen molar-refractivity contribution >= 4 is 11.9 Å². The summed E-state index contributed by atoms with van der Waals surface area (Å²) in [6.07, 6.45) is 3.51. The van der Waals surface area contributed by atoms with Crippen molar-refractivity contribution in [1.29, 1.82) is 0 Å². The van der Waals surface area contributed by atoms with E-state index in [0.717, 1.165) is 6.42 Å². The fraction of sp³-hybridized carbons (Fsp3) is 0.615. The number of aliphatic carboxylic acids is 1. The van der Waals surface area contributed by atoms with Crippen LogP contribution in [0.1, 0.15) is 36.7 Å². The number of aromatic nitrogens is 2. The number of carbonyl (C=O) groups excluding carboxylic acids is 1. The fourth-order valence-corrected chi connectivity index (χ4v) is 2.76. The van der Waals surface area contributed by atoms with Crippen LogP contribution in [0.2, 0.25) is 0 Å². The average molecular weight is 265 g/mol. The molecule has 0 aliphatic carbocycles. The molecule has 1 aliphatic rings. The highest BCUT2D eigenvalue weighted by molar-refractivity contribution is 5.93. The van der Waals surface area contributed by atoms with Crippen molar-refractivity contribution in [3.63, 3.8) is 0 Å². The zero-order valence-electron chi connectivity index (χ0n) is 11.3. The van der Waals surface area contributed by atoms with Gasteiger partial charge in [-0.1, -0.05) is 13.3 Å². The fourth-order valence-electron chi connectivity index (χ4n) is 2.76. The molecule has 1 unspecified atom stereocenters. The Morgan fingerprint density at radius 3 is 2.79 bits per heavy atom. The van der Waals surface area contributed by atoms with Crippen LogP contribution in [0.5, 0.6) is 0 Å². The normalized spacial score (nSPS) is 22.7. The van der Waals surface area contributed by atoms with Crippen LogP contribution in [-0.4, -0.2) is 44.8 Å². The van der Waals surface area contributed by atoms with Gasteiger partial charge in [0, 0.05) is 26.3 Å². The number of aryl methyl sites for hydroxylation is 1. The molecule has 6 heteroatoms. The minimum atomic E-state index is -0.797. The van der Waals surface area contributed by atoms with E-state index >= 15 is 0 Å². The number of likely N-dealkylation sites (tertiary alicyclic amines) is 1. The number of rotatable bonds is 4. The van der Waals surface area contributed by atoms with Gasteiger partial charge in [0.2, 0.25) is 0 Å². The molecule has 1 aromatic rings. The van der Waals surface area contributed by atoms with Crippen LogP contribution >= 0.6 is 0 Å². The summed E-state index contributed by atoms with van der Waals surface area (Å²) in [7, 11) is 1.71. The lowest BCUT2D eigenvalue weighted by Crippen LogP contribution is -2.37. The Labute approximate surface area is 112 Å². The van der Waals surface area contributed by atoms with Crippen LogP contribution in [0.3, 0.4) is 0 Å². The molecule has 0 aromatic carbocycles. The molecular weight excluding hydrogens is 246 g/mol. The number of carboxylic acid groups (broad SMARTS) is 1. The number of nitrogens with zero attached hydrogens (tertiary/aromatic N) is 3. The van der Waals surface area contributed by atoms with Gasteiger partial charge in [-0.3, -0.25) is 14.3 Å². The van der Waals surface area contributed by atoms with Crippen molar-refractivity contribution in [3.05, 3.63) is 18.0 Å². The van der Waals surface area contributed by atoms with Gasteiger partial charge in [-0.05, 0) is 18.9 Å². The third-order valence-corrected chi connectivity index (χ3v) is 3.86. The van der Waals surface area contributed by atoms with E-state index in [1.54, 1.807) is 24.2 Å². The maximum Gasteiger partial charge on any atom is 0.311 e.